The van der Waals surface area contributed by atoms with Crippen LogP contribution in [-0.2, 0) is 0 Å². The standard InChI is InChI=1S/C74H53N3/c1-6-20-54(21-7-1)73-65-30-16-18-32-67(65)74(68-33-19-17-31-66(68)73)55-38-46-64(47-39-55)77-71-48-40-56(52-34-42-62(43-35-52)75(58-22-8-2-9-23-58)59-24-10-3-11-25-59)50-69(71)70-51-57(41-49-72(70)77)53-36-44-63(45-37-53)76(60-26-12-4-13-27-60)61-28-14-5-15-29-61/h1-36,38-51,53H,37H2. The molecule has 1 atom stereocenters. The Kier molecular flexibility index (Phi) is 11.7. The summed E-state index contributed by atoms with van der Waals surface area (Å²) >= 11 is 0. The molecule has 1 aromatic heterocycles. The lowest BCUT2D eigenvalue weighted by molar-refractivity contribution is 0.841. The van der Waals surface area contributed by atoms with Crippen molar-refractivity contribution in [3.05, 3.63) is 315 Å². The summed E-state index contributed by atoms with van der Waals surface area (Å²) < 4.78 is 2.46. The van der Waals surface area contributed by atoms with Gasteiger partial charge in [0.1, 0.15) is 0 Å². The van der Waals surface area contributed by atoms with E-state index in [9.17, 15) is 0 Å². The fourth-order valence-corrected chi connectivity index (χ4v) is 11.9. The van der Waals surface area contributed by atoms with Crippen molar-refractivity contribution in [3.8, 4) is 39.1 Å². The van der Waals surface area contributed by atoms with E-state index in [1.807, 2.05) is 0 Å². The van der Waals surface area contributed by atoms with E-state index in [1.165, 1.54) is 88.0 Å². The van der Waals surface area contributed by atoms with Crippen LogP contribution in [0.1, 0.15) is 17.9 Å². The second-order valence-electron chi connectivity index (χ2n) is 20.0. The zero-order valence-electron chi connectivity index (χ0n) is 42.5. The smallest absolute Gasteiger partial charge is 0.0541 e. The van der Waals surface area contributed by atoms with Crippen LogP contribution in [-0.4, -0.2) is 4.57 Å². The number of hydrogen-bond acceptors (Lipinski definition) is 2. The Morgan fingerprint density at radius 3 is 1.21 bits per heavy atom. The topological polar surface area (TPSA) is 11.4 Å². The van der Waals surface area contributed by atoms with Crippen LogP contribution in [0.3, 0.4) is 0 Å². The summed E-state index contributed by atoms with van der Waals surface area (Å²) in [7, 11) is 0. The number of anilines is 5. The van der Waals surface area contributed by atoms with Crippen molar-refractivity contribution in [1.82, 2.24) is 4.57 Å². The zero-order chi connectivity index (χ0) is 51.1. The molecule has 1 unspecified atom stereocenters. The van der Waals surface area contributed by atoms with E-state index in [0.29, 0.717) is 0 Å². The Morgan fingerprint density at radius 1 is 0.312 bits per heavy atom. The van der Waals surface area contributed by atoms with E-state index in [4.69, 9.17) is 0 Å². The van der Waals surface area contributed by atoms with Crippen LogP contribution >= 0.6 is 0 Å². The largest absolute Gasteiger partial charge is 0.311 e. The average molecular weight is 984 g/mol. The molecule has 0 bridgehead atoms. The zero-order valence-corrected chi connectivity index (χ0v) is 42.5. The van der Waals surface area contributed by atoms with Gasteiger partial charge in [-0.25, -0.2) is 0 Å². The maximum Gasteiger partial charge on any atom is 0.0541 e. The molecule has 1 aliphatic carbocycles. The van der Waals surface area contributed by atoms with Crippen LogP contribution in [0, 0.1) is 0 Å². The molecule has 364 valence electrons. The van der Waals surface area contributed by atoms with E-state index in [-0.39, 0.29) is 5.92 Å². The molecule has 0 spiro atoms. The summed E-state index contributed by atoms with van der Waals surface area (Å²) in [6.07, 6.45) is 8.00. The van der Waals surface area contributed by atoms with Crippen molar-refractivity contribution in [1.29, 1.82) is 0 Å². The first-order valence-corrected chi connectivity index (χ1v) is 26.7. The molecule has 0 amide bonds. The number of nitrogens with zero attached hydrogens (tertiary/aromatic N) is 3. The lowest BCUT2D eigenvalue weighted by atomic mass is 9.86. The molecular formula is C74H53N3. The molecule has 13 aromatic rings. The summed E-state index contributed by atoms with van der Waals surface area (Å²) in [5.41, 5.74) is 18.9. The lowest BCUT2D eigenvalue weighted by Crippen LogP contribution is -2.17. The van der Waals surface area contributed by atoms with Gasteiger partial charge in [-0.1, -0.05) is 200 Å². The molecule has 1 heterocycles. The van der Waals surface area contributed by atoms with Gasteiger partial charge in [0.2, 0.25) is 0 Å². The Balaban J connectivity index is 0.874. The predicted molar refractivity (Wildman–Crippen MR) is 326 cm³/mol. The number of fused-ring (bicyclic) bond motifs is 5. The molecule has 0 N–H and O–H groups in total. The normalized spacial score (nSPS) is 13.3. The molecular weight excluding hydrogens is 931 g/mol. The molecule has 0 saturated carbocycles. The SMILES string of the molecule is C1=CC(c2ccc3c(c2)c2cc(-c4ccc(N(c5ccccc5)c5ccccc5)cc4)ccc2n3-c2ccc(-c3c4ccccc4c(-c4ccccc4)c4ccccc34)cc2)CC=C1N(c1ccccc1)c1ccccc1. The van der Waals surface area contributed by atoms with Crippen LogP contribution in [0.2, 0.25) is 0 Å². The minimum absolute atomic E-state index is 0.222. The van der Waals surface area contributed by atoms with Gasteiger partial charge in [0.25, 0.3) is 0 Å². The Hall–Kier alpha value is -9.96. The van der Waals surface area contributed by atoms with Crippen LogP contribution in [0.15, 0.2) is 309 Å². The van der Waals surface area contributed by atoms with Gasteiger partial charge >= 0.3 is 0 Å². The van der Waals surface area contributed by atoms with Crippen molar-refractivity contribution in [3.63, 3.8) is 0 Å². The Bertz CT molecular complexity index is 4180. The Morgan fingerprint density at radius 2 is 0.714 bits per heavy atom. The van der Waals surface area contributed by atoms with Crippen molar-refractivity contribution < 1.29 is 0 Å². The highest BCUT2D eigenvalue weighted by Gasteiger charge is 2.22. The van der Waals surface area contributed by atoms with Gasteiger partial charge < -0.3 is 14.4 Å². The third kappa shape index (κ3) is 8.36. The quantitative estimate of drug-likeness (QED) is 0.120. The fraction of sp³-hybridized carbons (Fsp3) is 0.0270. The van der Waals surface area contributed by atoms with Crippen LogP contribution in [0.25, 0.3) is 82.4 Å². The van der Waals surface area contributed by atoms with Crippen molar-refractivity contribution in [2.75, 3.05) is 9.80 Å². The van der Waals surface area contributed by atoms with Crippen molar-refractivity contribution in [2.24, 2.45) is 0 Å². The molecule has 3 nitrogen and oxygen atoms in total. The molecule has 0 fully saturated rings. The number of hydrogen-bond donors (Lipinski definition) is 0. The highest BCUT2D eigenvalue weighted by atomic mass is 15.1. The highest BCUT2D eigenvalue weighted by molar-refractivity contribution is 6.21. The van der Waals surface area contributed by atoms with Crippen LogP contribution in [0.4, 0.5) is 28.4 Å². The molecule has 0 aliphatic heterocycles. The third-order valence-corrected chi connectivity index (χ3v) is 15.5. The molecule has 1 aliphatic rings. The maximum absolute atomic E-state index is 2.46. The van der Waals surface area contributed by atoms with E-state index in [0.717, 1.165) is 40.5 Å². The summed E-state index contributed by atoms with van der Waals surface area (Å²) in [6.45, 7) is 0. The highest BCUT2D eigenvalue weighted by Crippen LogP contribution is 2.45. The molecule has 3 heteroatoms. The van der Waals surface area contributed by atoms with Gasteiger partial charge in [0.15, 0.2) is 0 Å². The molecule has 0 saturated heterocycles. The first kappa shape index (κ1) is 45.6. The van der Waals surface area contributed by atoms with Gasteiger partial charge in [0.05, 0.1) is 11.0 Å². The molecule has 14 rings (SSSR count). The first-order valence-electron chi connectivity index (χ1n) is 26.7. The summed E-state index contributed by atoms with van der Waals surface area (Å²) in [5.74, 6) is 0.222. The van der Waals surface area contributed by atoms with Crippen molar-refractivity contribution in [2.45, 2.75) is 12.3 Å². The number of benzene rings is 12. The first-order chi connectivity index (χ1) is 38.2. The monoisotopic (exact) mass is 983 g/mol. The molecule has 0 radical (unpaired) electrons. The minimum Gasteiger partial charge on any atom is -0.311 e. The van der Waals surface area contributed by atoms with Gasteiger partial charge in [-0.3, -0.25) is 0 Å². The second-order valence-corrected chi connectivity index (χ2v) is 20.0. The average Bonchev–Trinajstić information content (AvgIpc) is 3.95. The van der Waals surface area contributed by atoms with Gasteiger partial charge in [-0.15, -0.1) is 0 Å². The molecule has 12 aromatic carbocycles. The van der Waals surface area contributed by atoms with E-state index in [2.05, 4.69) is 318 Å². The molecule has 77 heavy (non-hydrogen) atoms. The van der Waals surface area contributed by atoms with E-state index >= 15 is 0 Å². The van der Waals surface area contributed by atoms with Gasteiger partial charge in [-0.05, 0) is 170 Å². The summed E-state index contributed by atoms with van der Waals surface area (Å²) in [5, 5.41) is 7.49. The lowest BCUT2D eigenvalue weighted by Gasteiger charge is -2.29. The maximum atomic E-state index is 2.46. The number of para-hydroxylation sites is 4. The third-order valence-electron chi connectivity index (χ3n) is 15.5. The minimum atomic E-state index is 0.222. The fourth-order valence-electron chi connectivity index (χ4n) is 11.9. The summed E-state index contributed by atoms with van der Waals surface area (Å²) in [4.78, 5) is 4.67. The number of allylic oxidation sites excluding steroid dienone is 3. The van der Waals surface area contributed by atoms with E-state index in [1.54, 1.807) is 0 Å². The van der Waals surface area contributed by atoms with Crippen LogP contribution < -0.4 is 9.80 Å². The summed E-state index contributed by atoms with van der Waals surface area (Å²) in [6, 6.07) is 104. The number of aromatic nitrogens is 1. The van der Waals surface area contributed by atoms with Gasteiger partial charge in [-0.2, -0.15) is 0 Å². The number of rotatable bonds is 11. The second kappa shape index (κ2) is 19.7. The Labute approximate surface area is 449 Å². The van der Waals surface area contributed by atoms with Gasteiger partial charge in [0, 0.05) is 56.5 Å². The van der Waals surface area contributed by atoms with Crippen LogP contribution in [0.5, 0.6) is 0 Å². The van der Waals surface area contributed by atoms with Crippen molar-refractivity contribution >= 4 is 71.8 Å². The predicted octanol–water partition coefficient (Wildman–Crippen LogP) is 20.3. The van der Waals surface area contributed by atoms with E-state index < -0.39 is 0 Å².